The van der Waals surface area contributed by atoms with Crippen molar-refractivity contribution in [2.75, 3.05) is 6.54 Å². The molecule has 10 nitrogen and oxygen atoms in total. The van der Waals surface area contributed by atoms with Gasteiger partial charge < -0.3 is 26.6 Å². The Morgan fingerprint density at radius 3 is 1.95 bits per heavy atom. The van der Waals surface area contributed by atoms with Gasteiger partial charge >= 0.3 is 6.03 Å². The minimum atomic E-state index is -1.10. The molecule has 1 rings (SSSR count). The zero-order chi connectivity index (χ0) is 29.6. The summed E-state index contributed by atoms with van der Waals surface area (Å²) in [6, 6.07) is -3.36. The maximum absolute atomic E-state index is 14.0. The van der Waals surface area contributed by atoms with Crippen molar-refractivity contribution in [2.45, 2.75) is 119 Å². The van der Waals surface area contributed by atoms with Gasteiger partial charge in [0.1, 0.15) is 12.1 Å². The smallest absolute Gasteiger partial charge is 0.315 e. The van der Waals surface area contributed by atoms with Crippen LogP contribution in [0.1, 0.15) is 94.9 Å². The van der Waals surface area contributed by atoms with Crippen molar-refractivity contribution in [1.82, 2.24) is 20.9 Å². The molecule has 38 heavy (non-hydrogen) atoms. The molecule has 5 amide bonds. The van der Waals surface area contributed by atoms with Crippen molar-refractivity contribution in [3.8, 4) is 0 Å². The first-order valence-corrected chi connectivity index (χ1v) is 13.8. The number of amides is 5. The fraction of sp³-hybridized carbons (Fsp3) is 0.821. The molecular weight excluding hydrogens is 486 g/mol. The van der Waals surface area contributed by atoms with Gasteiger partial charge in [0, 0.05) is 12.6 Å². The van der Waals surface area contributed by atoms with Crippen LogP contribution in [-0.2, 0) is 19.2 Å². The van der Waals surface area contributed by atoms with Crippen LogP contribution in [0, 0.1) is 22.7 Å². The molecule has 0 spiro atoms. The number of likely N-dealkylation sites (tertiary alicyclic amines) is 1. The number of hydrogen-bond donors (Lipinski definition) is 4. The fourth-order valence-electron chi connectivity index (χ4n) is 4.60. The maximum Gasteiger partial charge on any atom is 0.315 e. The number of carbonyl (C=O) groups is 5. The lowest BCUT2D eigenvalue weighted by Gasteiger charge is -2.37. The topological polar surface area (TPSA) is 151 Å². The van der Waals surface area contributed by atoms with Gasteiger partial charge in [-0.05, 0) is 42.4 Å². The fourth-order valence-corrected chi connectivity index (χ4v) is 4.60. The van der Waals surface area contributed by atoms with E-state index in [1.165, 1.54) is 4.90 Å². The normalized spacial score (nSPS) is 20.4. The van der Waals surface area contributed by atoms with Gasteiger partial charge in [0.05, 0.1) is 6.04 Å². The highest BCUT2D eigenvalue weighted by Gasteiger charge is 2.47. The second-order valence-electron chi connectivity index (χ2n) is 13.1. The highest BCUT2D eigenvalue weighted by molar-refractivity contribution is 6.37. The second-order valence-corrected chi connectivity index (χ2v) is 13.1. The van der Waals surface area contributed by atoms with E-state index in [2.05, 4.69) is 16.0 Å². The van der Waals surface area contributed by atoms with Crippen LogP contribution < -0.4 is 21.7 Å². The number of Topliss-reactive ketones (excluding diaryl/α,β-unsaturated/α-hetero) is 1. The molecule has 0 bridgehead atoms. The van der Waals surface area contributed by atoms with Crippen LogP contribution in [0.15, 0.2) is 0 Å². The van der Waals surface area contributed by atoms with E-state index in [0.29, 0.717) is 19.4 Å². The number of urea groups is 1. The quantitative estimate of drug-likeness (QED) is 0.299. The molecule has 0 aromatic rings. The van der Waals surface area contributed by atoms with Crippen molar-refractivity contribution >= 4 is 29.5 Å². The lowest BCUT2D eigenvalue weighted by Crippen LogP contribution is -2.61. The lowest BCUT2D eigenvalue weighted by molar-refractivity contribution is -0.144. The van der Waals surface area contributed by atoms with E-state index in [4.69, 9.17) is 5.73 Å². The first-order chi connectivity index (χ1) is 17.3. The predicted octanol–water partition coefficient (Wildman–Crippen LogP) is 2.74. The highest BCUT2D eigenvalue weighted by Crippen LogP contribution is 2.33. The summed E-state index contributed by atoms with van der Waals surface area (Å²) in [5.41, 5.74) is 4.43. The Kier molecular flexibility index (Phi) is 11.8. The first-order valence-electron chi connectivity index (χ1n) is 13.8. The molecule has 0 aliphatic carbocycles. The number of primary amides is 1. The largest absolute Gasteiger partial charge is 0.363 e. The Morgan fingerprint density at radius 1 is 0.921 bits per heavy atom. The third-order valence-electron chi connectivity index (χ3n) is 7.61. The Balaban J connectivity index is 3.27. The van der Waals surface area contributed by atoms with Crippen LogP contribution in [0.3, 0.4) is 0 Å². The molecule has 1 aliphatic rings. The summed E-state index contributed by atoms with van der Waals surface area (Å²) in [5.74, 6) is -2.85. The molecule has 10 heteroatoms. The first kappa shape index (κ1) is 33.4. The zero-order valence-corrected chi connectivity index (χ0v) is 25.1. The van der Waals surface area contributed by atoms with Crippen molar-refractivity contribution in [1.29, 1.82) is 0 Å². The molecule has 218 valence electrons. The third kappa shape index (κ3) is 8.98. The average Bonchev–Trinajstić information content (AvgIpc) is 3.23. The Bertz CT molecular complexity index is 874. The van der Waals surface area contributed by atoms with E-state index in [-0.39, 0.29) is 35.6 Å². The van der Waals surface area contributed by atoms with E-state index >= 15 is 0 Å². The van der Waals surface area contributed by atoms with Gasteiger partial charge in [0.15, 0.2) is 0 Å². The summed E-state index contributed by atoms with van der Waals surface area (Å²) >= 11 is 0. The van der Waals surface area contributed by atoms with Crippen LogP contribution in [0.2, 0.25) is 0 Å². The molecule has 0 saturated carbocycles. The van der Waals surface area contributed by atoms with Crippen LogP contribution in [-0.4, -0.2) is 65.1 Å². The van der Waals surface area contributed by atoms with Crippen LogP contribution in [0.4, 0.5) is 4.79 Å². The molecular formula is C28H51N5O5. The van der Waals surface area contributed by atoms with Gasteiger partial charge in [0.2, 0.25) is 17.6 Å². The van der Waals surface area contributed by atoms with Crippen molar-refractivity contribution in [3.63, 3.8) is 0 Å². The van der Waals surface area contributed by atoms with Crippen LogP contribution in [0.5, 0.6) is 0 Å². The number of ketones is 1. The Hall–Kier alpha value is -2.65. The predicted molar refractivity (Wildman–Crippen MR) is 148 cm³/mol. The summed E-state index contributed by atoms with van der Waals surface area (Å²) in [7, 11) is 0. The molecule has 5 N–H and O–H groups in total. The monoisotopic (exact) mass is 537 g/mol. The number of hydrogen-bond acceptors (Lipinski definition) is 5. The van der Waals surface area contributed by atoms with Crippen molar-refractivity contribution < 1.29 is 24.0 Å². The molecule has 1 saturated heterocycles. The Labute approximate surface area is 228 Å². The molecule has 1 fully saturated rings. The number of rotatable bonds is 11. The van der Waals surface area contributed by atoms with E-state index in [1.54, 1.807) is 0 Å². The molecule has 0 aromatic heterocycles. The molecule has 1 heterocycles. The molecule has 0 radical (unpaired) electrons. The van der Waals surface area contributed by atoms with Gasteiger partial charge in [-0.25, -0.2) is 4.79 Å². The number of carbonyl (C=O) groups excluding carboxylic acids is 5. The molecule has 1 unspecified atom stereocenters. The van der Waals surface area contributed by atoms with Crippen LogP contribution in [0.25, 0.3) is 0 Å². The molecule has 0 aromatic carbocycles. The van der Waals surface area contributed by atoms with E-state index in [1.807, 2.05) is 69.2 Å². The summed E-state index contributed by atoms with van der Waals surface area (Å²) in [6.07, 6.45) is 2.29. The lowest BCUT2D eigenvalue weighted by atomic mass is 9.84. The highest BCUT2D eigenvalue weighted by atomic mass is 16.2. The molecule has 1 aliphatic heterocycles. The maximum atomic E-state index is 14.0. The van der Waals surface area contributed by atoms with Crippen LogP contribution >= 0.6 is 0 Å². The summed E-state index contributed by atoms with van der Waals surface area (Å²) < 4.78 is 0. The third-order valence-corrected chi connectivity index (χ3v) is 7.61. The number of nitrogens with one attached hydrogen (secondary N) is 3. The van der Waals surface area contributed by atoms with E-state index in [0.717, 1.165) is 6.42 Å². The van der Waals surface area contributed by atoms with Crippen molar-refractivity contribution in [2.24, 2.45) is 28.4 Å². The number of nitrogens with two attached hydrogens (primary N) is 1. The number of nitrogens with zero attached hydrogens (tertiary/aromatic N) is 1. The van der Waals surface area contributed by atoms with E-state index < -0.39 is 47.2 Å². The minimum absolute atomic E-state index is 0.0847. The molecule has 5 atom stereocenters. The second kappa shape index (κ2) is 13.4. The average molecular weight is 538 g/mol. The number of unbranched alkanes of at least 4 members (excludes halogenated alkanes) is 1. The van der Waals surface area contributed by atoms with Gasteiger partial charge in [-0.3, -0.25) is 19.2 Å². The van der Waals surface area contributed by atoms with E-state index in [9.17, 15) is 24.0 Å². The van der Waals surface area contributed by atoms with Gasteiger partial charge in [-0.15, -0.1) is 0 Å². The Morgan fingerprint density at radius 2 is 1.50 bits per heavy atom. The zero-order valence-electron chi connectivity index (χ0n) is 25.1. The minimum Gasteiger partial charge on any atom is -0.363 e. The summed E-state index contributed by atoms with van der Waals surface area (Å²) in [6.45, 7) is 19.8. The van der Waals surface area contributed by atoms with Gasteiger partial charge in [-0.1, -0.05) is 75.2 Å². The standard InChI is InChI=1S/C28H51N5O5/c1-11-12-13-19(21(34)23(29)35)31-24(36)20-18(16(2)3)14-15-33(20)25(37)22(28(8,9)10)32-26(38)30-17(4)27(5,6)7/h16-20,22H,11-15H2,1-10H3,(H2,29,35)(H,31,36)(H2,30,32,38)/t17-,18-,19?,20+,22-/m1/s1. The van der Waals surface area contributed by atoms with Crippen molar-refractivity contribution in [3.05, 3.63) is 0 Å². The summed E-state index contributed by atoms with van der Waals surface area (Å²) in [5, 5.41) is 8.49. The van der Waals surface area contributed by atoms with Gasteiger partial charge in [-0.2, -0.15) is 0 Å². The van der Waals surface area contributed by atoms with Gasteiger partial charge in [0.25, 0.3) is 5.91 Å². The summed E-state index contributed by atoms with van der Waals surface area (Å²) in [4.78, 5) is 66.0. The SMILES string of the molecule is CCCCC(NC(=O)[C@@H]1[C@@H](C(C)C)CCN1C(=O)[C@@H](NC(=O)N[C@H](C)C(C)(C)C)C(C)(C)C)C(=O)C(N)=O.